The van der Waals surface area contributed by atoms with Crippen molar-refractivity contribution in [1.82, 2.24) is 25.2 Å². The second-order valence-corrected chi connectivity index (χ2v) is 4.64. The van der Waals surface area contributed by atoms with Gasteiger partial charge in [-0.2, -0.15) is 0 Å². The number of halogens is 1. The van der Waals surface area contributed by atoms with Gasteiger partial charge < -0.3 is 10.2 Å². The van der Waals surface area contributed by atoms with Gasteiger partial charge in [0.25, 0.3) is 0 Å². The van der Waals surface area contributed by atoms with E-state index in [0.717, 1.165) is 0 Å². The summed E-state index contributed by atoms with van der Waals surface area (Å²) < 4.78 is 20.0. The monoisotopic (exact) mass is 288 g/mol. The van der Waals surface area contributed by atoms with E-state index in [0.29, 0.717) is 29.6 Å². The number of nitrogens with two attached hydrogens (primary N) is 1. The Morgan fingerprint density at radius 2 is 2.00 bits per heavy atom. The summed E-state index contributed by atoms with van der Waals surface area (Å²) in [5.41, 5.74) is 7.06. The SMILES string of the molecule is CC(N)c1cn(Cc2nnc(-c3ccc(F)cc3)o2)nn1. The summed E-state index contributed by atoms with van der Waals surface area (Å²) in [6.45, 7) is 2.13. The summed E-state index contributed by atoms with van der Waals surface area (Å²) in [7, 11) is 0. The van der Waals surface area contributed by atoms with Gasteiger partial charge in [0.05, 0.1) is 11.9 Å². The second-order valence-electron chi connectivity index (χ2n) is 4.64. The number of benzene rings is 1. The number of nitrogens with zero attached hydrogens (tertiary/aromatic N) is 5. The predicted molar refractivity (Wildman–Crippen MR) is 71.4 cm³/mol. The fourth-order valence-corrected chi connectivity index (χ4v) is 1.76. The molecule has 0 bridgehead atoms. The van der Waals surface area contributed by atoms with Crippen LogP contribution >= 0.6 is 0 Å². The van der Waals surface area contributed by atoms with Crippen molar-refractivity contribution in [2.45, 2.75) is 19.5 Å². The fraction of sp³-hybridized carbons (Fsp3) is 0.231. The van der Waals surface area contributed by atoms with Crippen molar-refractivity contribution in [1.29, 1.82) is 0 Å². The summed E-state index contributed by atoms with van der Waals surface area (Å²) in [5, 5.41) is 15.7. The summed E-state index contributed by atoms with van der Waals surface area (Å²) in [6, 6.07) is 5.65. The fourth-order valence-electron chi connectivity index (χ4n) is 1.76. The molecule has 2 heterocycles. The topological polar surface area (TPSA) is 95.7 Å². The largest absolute Gasteiger partial charge is 0.419 e. The third kappa shape index (κ3) is 2.95. The maximum atomic E-state index is 12.9. The molecule has 0 saturated heterocycles. The van der Waals surface area contributed by atoms with Crippen molar-refractivity contribution < 1.29 is 8.81 Å². The molecule has 1 unspecified atom stereocenters. The van der Waals surface area contributed by atoms with E-state index < -0.39 is 0 Å². The highest BCUT2D eigenvalue weighted by atomic mass is 19.1. The van der Waals surface area contributed by atoms with Gasteiger partial charge in [-0.25, -0.2) is 9.07 Å². The zero-order valence-corrected chi connectivity index (χ0v) is 11.3. The first-order valence-corrected chi connectivity index (χ1v) is 6.36. The number of hydrogen-bond donors (Lipinski definition) is 1. The van der Waals surface area contributed by atoms with Crippen molar-refractivity contribution in [3.05, 3.63) is 47.9 Å². The Morgan fingerprint density at radius 3 is 2.67 bits per heavy atom. The van der Waals surface area contributed by atoms with Gasteiger partial charge >= 0.3 is 0 Å². The van der Waals surface area contributed by atoms with Crippen LogP contribution in [0.25, 0.3) is 11.5 Å². The lowest BCUT2D eigenvalue weighted by atomic mass is 10.2. The quantitative estimate of drug-likeness (QED) is 0.782. The van der Waals surface area contributed by atoms with Crippen LogP contribution < -0.4 is 5.73 Å². The molecule has 1 atom stereocenters. The molecule has 21 heavy (non-hydrogen) atoms. The van der Waals surface area contributed by atoms with Gasteiger partial charge in [0.2, 0.25) is 11.8 Å². The molecule has 0 aliphatic carbocycles. The van der Waals surface area contributed by atoms with E-state index in [2.05, 4.69) is 20.5 Å². The highest BCUT2D eigenvalue weighted by molar-refractivity contribution is 5.51. The van der Waals surface area contributed by atoms with E-state index in [1.165, 1.54) is 12.1 Å². The minimum atomic E-state index is -0.315. The Hall–Kier alpha value is -2.61. The van der Waals surface area contributed by atoms with Crippen molar-refractivity contribution in [3.63, 3.8) is 0 Å². The minimum Gasteiger partial charge on any atom is -0.419 e. The predicted octanol–water partition coefficient (Wildman–Crippen LogP) is 1.54. The van der Waals surface area contributed by atoms with Crippen LogP contribution in [0.4, 0.5) is 4.39 Å². The Kier molecular flexibility index (Phi) is 3.44. The number of rotatable bonds is 4. The number of aromatic nitrogens is 5. The molecule has 0 saturated carbocycles. The molecule has 0 fully saturated rings. The molecule has 1 aromatic carbocycles. The number of hydrogen-bond acceptors (Lipinski definition) is 6. The molecule has 0 aliphatic heterocycles. The van der Waals surface area contributed by atoms with Crippen molar-refractivity contribution >= 4 is 0 Å². The summed E-state index contributed by atoms with van der Waals surface area (Å²) >= 11 is 0. The highest BCUT2D eigenvalue weighted by Crippen LogP contribution is 2.18. The first-order valence-electron chi connectivity index (χ1n) is 6.36. The van der Waals surface area contributed by atoms with Crippen LogP contribution in [0.2, 0.25) is 0 Å². The maximum Gasteiger partial charge on any atom is 0.247 e. The average molecular weight is 288 g/mol. The van der Waals surface area contributed by atoms with Crippen LogP contribution in [-0.2, 0) is 6.54 Å². The van der Waals surface area contributed by atoms with Gasteiger partial charge in [0.1, 0.15) is 12.4 Å². The lowest BCUT2D eigenvalue weighted by Gasteiger charge is -1.96. The highest BCUT2D eigenvalue weighted by Gasteiger charge is 2.11. The molecule has 7 nitrogen and oxygen atoms in total. The zero-order chi connectivity index (χ0) is 14.8. The van der Waals surface area contributed by atoms with E-state index in [-0.39, 0.29) is 11.9 Å². The van der Waals surface area contributed by atoms with Crippen molar-refractivity contribution in [2.24, 2.45) is 5.73 Å². The van der Waals surface area contributed by atoms with Crippen LogP contribution in [0.15, 0.2) is 34.9 Å². The molecule has 0 amide bonds. The Labute approximate surface area is 119 Å². The Morgan fingerprint density at radius 1 is 1.24 bits per heavy atom. The maximum absolute atomic E-state index is 12.9. The molecule has 3 aromatic rings. The van der Waals surface area contributed by atoms with E-state index in [1.54, 1.807) is 23.0 Å². The Balaban J connectivity index is 1.76. The smallest absolute Gasteiger partial charge is 0.247 e. The molecule has 0 spiro atoms. The minimum absolute atomic E-state index is 0.184. The van der Waals surface area contributed by atoms with E-state index in [1.807, 2.05) is 6.92 Å². The van der Waals surface area contributed by atoms with Crippen LogP contribution in [0.5, 0.6) is 0 Å². The first kappa shape index (κ1) is 13.4. The summed E-state index contributed by atoms with van der Waals surface area (Å²) in [6.07, 6.45) is 1.73. The first-order chi connectivity index (χ1) is 10.1. The second kappa shape index (κ2) is 5.41. The Bertz CT molecular complexity index is 733. The standard InChI is InChI=1S/C13H13FN6O/c1-8(15)11-6-20(19-16-11)7-12-17-18-13(21-12)9-2-4-10(14)5-3-9/h2-6,8H,7,15H2,1H3. The zero-order valence-electron chi connectivity index (χ0n) is 11.3. The van der Waals surface area contributed by atoms with Crippen molar-refractivity contribution in [3.8, 4) is 11.5 Å². The molecular weight excluding hydrogens is 275 g/mol. The van der Waals surface area contributed by atoms with Crippen LogP contribution in [0.3, 0.4) is 0 Å². The third-order valence-corrected chi connectivity index (χ3v) is 2.88. The van der Waals surface area contributed by atoms with Gasteiger partial charge in [-0.3, -0.25) is 0 Å². The summed E-state index contributed by atoms with van der Waals surface area (Å²) in [5.74, 6) is 0.400. The normalized spacial score (nSPS) is 12.5. The van der Waals surface area contributed by atoms with Gasteiger partial charge in [-0.15, -0.1) is 15.3 Å². The average Bonchev–Trinajstić information content (AvgIpc) is 3.10. The van der Waals surface area contributed by atoms with Crippen LogP contribution in [0.1, 0.15) is 24.6 Å². The van der Waals surface area contributed by atoms with Gasteiger partial charge in [0, 0.05) is 11.6 Å². The molecule has 0 radical (unpaired) electrons. The lowest BCUT2D eigenvalue weighted by Crippen LogP contribution is -2.05. The van der Waals surface area contributed by atoms with E-state index in [9.17, 15) is 4.39 Å². The van der Waals surface area contributed by atoms with Gasteiger partial charge in [-0.05, 0) is 31.2 Å². The van der Waals surface area contributed by atoms with Crippen LogP contribution in [0, 0.1) is 5.82 Å². The van der Waals surface area contributed by atoms with E-state index >= 15 is 0 Å². The molecule has 3 rings (SSSR count). The van der Waals surface area contributed by atoms with Gasteiger partial charge in [-0.1, -0.05) is 5.21 Å². The van der Waals surface area contributed by atoms with Crippen LogP contribution in [-0.4, -0.2) is 25.2 Å². The lowest BCUT2D eigenvalue weighted by molar-refractivity contribution is 0.469. The van der Waals surface area contributed by atoms with Gasteiger partial charge in [0.15, 0.2) is 0 Å². The molecule has 8 heteroatoms. The van der Waals surface area contributed by atoms with E-state index in [4.69, 9.17) is 10.2 Å². The molecule has 0 aliphatic rings. The molecule has 108 valence electrons. The van der Waals surface area contributed by atoms with Crippen molar-refractivity contribution in [2.75, 3.05) is 0 Å². The third-order valence-electron chi connectivity index (χ3n) is 2.88. The summed E-state index contributed by atoms with van der Waals surface area (Å²) in [4.78, 5) is 0. The molecule has 2 aromatic heterocycles. The molecule has 2 N–H and O–H groups in total. The molecular formula is C13H13FN6O.